The van der Waals surface area contributed by atoms with Crippen molar-refractivity contribution in [2.75, 3.05) is 6.54 Å². The van der Waals surface area contributed by atoms with Gasteiger partial charge in [0.2, 0.25) is 0 Å². The quantitative estimate of drug-likeness (QED) is 0.783. The van der Waals surface area contributed by atoms with E-state index in [9.17, 15) is 14.7 Å². The molecule has 0 radical (unpaired) electrons. The maximum absolute atomic E-state index is 12.2. The third-order valence-electron chi connectivity index (χ3n) is 3.54. The molecule has 2 aromatic rings. The van der Waals surface area contributed by atoms with Crippen LogP contribution in [0.25, 0.3) is 11.3 Å². The number of hydrogen-bond acceptors (Lipinski definition) is 4. The van der Waals surface area contributed by atoms with Crippen molar-refractivity contribution in [1.29, 1.82) is 0 Å². The molecule has 1 saturated heterocycles. The number of aromatic nitrogens is 2. The number of H-pyrrole nitrogens is 1. The number of carbonyl (C=O) groups is 2. The number of nitrogens with one attached hydrogen (secondary N) is 1. The zero-order valence-corrected chi connectivity index (χ0v) is 11.0. The number of phenolic OH excluding ortho intramolecular Hbond substituents is 1. The average Bonchev–Trinajstić information content (AvgIpc) is 2.87. The van der Waals surface area contributed by atoms with Crippen molar-refractivity contribution < 1.29 is 19.8 Å². The summed E-state index contributed by atoms with van der Waals surface area (Å²) in [6.45, 7) is 0.434. The van der Waals surface area contributed by atoms with E-state index in [2.05, 4.69) is 10.2 Å². The summed E-state index contributed by atoms with van der Waals surface area (Å²) in [4.78, 5) is 24.4. The Morgan fingerprint density at radius 1 is 1.29 bits per heavy atom. The van der Waals surface area contributed by atoms with Crippen molar-refractivity contribution in [3.8, 4) is 17.0 Å². The largest absolute Gasteiger partial charge is 0.508 e. The Morgan fingerprint density at radius 3 is 2.57 bits per heavy atom. The molecule has 1 amide bonds. The molecule has 0 saturated carbocycles. The minimum Gasteiger partial charge on any atom is -0.508 e. The molecule has 1 fully saturated rings. The molecule has 7 nitrogen and oxygen atoms in total. The second kappa shape index (κ2) is 4.93. The molecule has 0 spiro atoms. The van der Waals surface area contributed by atoms with Gasteiger partial charge in [-0.2, -0.15) is 5.10 Å². The molecule has 2 heterocycles. The fraction of sp³-hybridized carbons (Fsp3) is 0.214. The first-order valence-corrected chi connectivity index (χ1v) is 6.45. The molecule has 1 atom stereocenters. The number of phenols is 1. The van der Waals surface area contributed by atoms with Gasteiger partial charge in [0.05, 0.1) is 5.69 Å². The van der Waals surface area contributed by atoms with E-state index in [0.29, 0.717) is 18.7 Å². The molecule has 108 valence electrons. The number of aromatic hydroxyl groups is 1. The number of rotatable bonds is 3. The molecular weight excluding hydrogens is 274 g/mol. The first-order valence-electron chi connectivity index (χ1n) is 6.45. The van der Waals surface area contributed by atoms with Crippen LogP contribution in [0.1, 0.15) is 16.9 Å². The lowest BCUT2D eigenvalue weighted by molar-refractivity contribution is -0.146. The lowest BCUT2D eigenvalue weighted by atomic mass is 10.0. The topological polar surface area (TPSA) is 107 Å². The molecule has 3 rings (SSSR count). The predicted molar refractivity (Wildman–Crippen MR) is 72.8 cm³/mol. The van der Waals surface area contributed by atoms with E-state index in [1.54, 1.807) is 18.2 Å². The lowest BCUT2D eigenvalue weighted by Crippen LogP contribution is -2.55. The molecule has 0 bridgehead atoms. The Balaban J connectivity index is 1.80. The van der Waals surface area contributed by atoms with Gasteiger partial charge in [0.15, 0.2) is 0 Å². The molecule has 1 aliphatic heterocycles. The van der Waals surface area contributed by atoms with E-state index in [-0.39, 0.29) is 17.4 Å². The fourth-order valence-corrected chi connectivity index (χ4v) is 2.25. The Bertz CT molecular complexity index is 692. The van der Waals surface area contributed by atoms with Gasteiger partial charge in [-0.25, -0.2) is 4.79 Å². The predicted octanol–water partition coefficient (Wildman–Crippen LogP) is 1.08. The SMILES string of the molecule is O=C(O)[C@@H]1CCN1C(=O)c1cc(-c2ccc(O)cc2)n[nH]1. The molecule has 3 N–H and O–H groups in total. The van der Waals surface area contributed by atoms with Gasteiger partial charge < -0.3 is 15.1 Å². The van der Waals surface area contributed by atoms with Gasteiger partial charge in [0, 0.05) is 12.1 Å². The van der Waals surface area contributed by atoms with Crippen molar-refractivity contribution in [3.63, 3.8) is 0 Å². The molecule has 1 aromatic carbocycles. The van der Waals surface area contributed by atoms with E-state index in [0.717, 1.165) is 5.56 Å². The number of aromatic amines is 1. The van der Waals surface area contributed by atoms with Crippen molar-refractivity contribution in [2.24, 2.45) is 0 Å². The first-order chi connectivity index (χ1) is 10.1. The van der Waals surface area contributed by atoms with Gasteiger partial charge in [0.25, 0.3) is 5.91 Å². The minimum absolute atomic E-state index is 0.149. The Morgan fingerprint density at radius 2 is 2.00 bits per heavy atom. The summed E-state index contributed by atoms with van der Waals surface area (Å²) in [5.41, 5.74) is 1.57. The monoisotopic (exact) mass is 287 g/mol. The summed E-state index contributed by atoms with van der Waals surface area (Å²) in [6, 6.07) is 7.25. The molecular formula is C14H13N3O4. The number of carboxylic acid groups (broad SMARTS) is 1. The smallest absolute Gasteiger partial charge is 0.326 e. The Labute approximate surface area is 119 Å². The Kier molecular flexibility index (Phi) is 3.09. The number of benzene rings is 1. The highest BCUT2D eigenvalue weighted by atomic mass is 16.4. The summed E-state index contributed by atoms with van der Waals surface area (Å²) < 4.78 is 0. The van der Waals surface area contributed by atoms with Crippen LogP contribution in [0.15, 0.2) is 30.3 Å². The van der Waals surface area contributed by atoms with Crippen LogP contribution in [0.4, 0.5) is 0 Å². The van der Waals surface area contributed by atoms with Gasteiger partial charge in [-0.15, -0.1) is 0 Å². The number of carbonyl (C=O) groups excluding carboxylic acids is 1. The highest BCUT2D eigenvalue weighted by Crippen LogP contribution is 2.24. The van der Waals surface area contributed by atoms with Crippen LogP contribution in [-0.2, 0) is 4.79 Å². The van der Waals surface area contributed by atoms with Crippen LogP contribution < -0.4 is 0 Å². The van der Waals surface area contributed by atoms with Gasteiger partial charge in [0.1, 0.15) is 17.5 Å². The van der Waals surface area contributed by atoms with Crippen LogP contribution in [-0.4, -0.2) is 49.8 Å². The molecule has 0 unspecified atom stereocenters. The van der Waals surface area contributed by atoms with Crippen LogP contribution in [0.2, 0.25) is 0 Å². The number of hydrogen-bond donors (Lipinski definition) is 3. The molecule has 0 aliphatic carbocycles. The summed E-state index contributed by atoms with van der Waals surface area (Å²) in [6.07, 6.45) is 0.472. The van der Waals surface area contributed by atoms with E-state index in [1.807, 2.05) is 0 Å². The number of nitrogens with zero attached hydrogens (tertiary/aromatic N) is 2. The number of aliphatic carboxylic acids is 1. The molecule has 7 heteroatoms. The third-order valence-corrected chi connectivity index (χ3v) is 3.54. The van der Waals surface area contributed by atoms with Crippen molar-refractivity contribution in [1.82, 2.24) is 15.1 Å². The molecule has 1 aromatic heterocycles. The summed E-state index contributed by atoms with van der Waals surface area (Å²) >= 11 is 0. The van der Waals surface area contributed by atoms with Crippen LogP contribution in [0, 0.1) is 0 Å². The maximum Gasteiger partial charge on any atom is 0.326 e. The van der Waals surface area contributed by atoms with Gasteiger partial charge in [-0.1, -0.05) is 0 Å². The van der Waals surface area contributed by atoms with E-state index < -0.39 is 12.0 Å². The minimum atomic E-state index is -0.993. The van der Waals surface area contributed by atoms with Crippen molar-refractivity contribution in [3.05, 3.63) is 36.0 Å². The third kappa shape index (κ3) is 2.33. The molecule has 21 heavy (non-hydrogen) atoms. The summed E-state index contributed by atoms with van der Waals surface area (Å²) in [7, 11) is 0. The van der Waals surface area contributed by atoms with Gasteiger partial charge in [-0.3, -0.25) is 9.89 Å². The lowest BCUT2D eigenvalue weighted by Gasteiger charge is -2.37. The van der Waals surface area contributed by atoms with Crippen molar-refractivity contribution >= 4 is 11.9 Å². The first kappa shape index (κ1) is 13.2. The standard InChI is InChI=1S/C14H13N3O4/c18-9-3-1-8(2-4-9)10-7-11(16-15-10)13(19)17-6-5-12(17)14(20)21/h1-4,7,12,18H,5-6H2,(H,15,16)(H,20,21)/t12-/m0/s1. The maximum atomic E-state index is 12.2. The molecule has 1 aliphatic rings. The van der Waals surface area contributed by atoms with E-state index in [4.69, 9.17) is 5.11 Å². The van der Waals surface area contributed by atoms with Crippen LogP contribution >= 0.6 is 0 Å². The highest BCUT2D eigenvalue weighted by molar-refractivity contribution is 5.96. The van der Waals surface area contributed by atoms with E-state index >= 15 is 0 Å². The van der Waals surface area contributed by atoms with Gasteiger partial charge in [-0.05, 0) is 36.8 Å². The zero-order valence-electron chi connectivity index (χ0n) is 11.0. The van der Waals surface area contributed by atoms with E-state index in [1.165, 1.54) is 17.0 Å². The second-order valence-corrected chi connectivity index (χ2v) is 4.85. The second-order valence-electron chi connectivity index (χ2n) is 4.85. The fourth-order valence-electron chi connectivity index (χ4n) is 2.25. The Hall–Kier alpha value is -2.83. The average molecular weight is 287 g/mol. The summed E-state index contributed by atoms with van der Waals surface area (Å²) in [5, 5.41) is 24.9. The zero-order chi connectivity index (χ0) is 15.0. The van der Waals surface area contributed by atoms with Gasteiger partial charge >= 0.3 is 5.97 Å². The van der Waals surface area contributed by atoms with Crippen LogP contribution in [0.5, 0.6) is 5.75 Å². The van der Waals surface area contributed by atoms with Crippen molar-refractivity contribution in [2.45, 2.75) is 12.5 Å². The number of likely N-dealkylation sites (tertiary alicyclic amines) is 1. The number of amides is 1. The number of carboxylic acids is 1. The van der Waals surface area contributed by atoms with Crippen LogP contribution in [0.3, 0.4) is 0 Å². The normalized spacial score (nSPS) is 17.3. The highest BCUT2D eigenvalue weighted by Gasteiger charge is 2.38. The summed E-state index contributed by atoms with van der Waals surface area (Å²) in [5.74, 6) is -1.21.